The first-order chi connectivity index (χ1) is 22.2. The van der Waals surface area contributed by atoms with Crippen molar-refractivity contribution in [3.05, 3.63) is 24.3 Å². The summed E-state index contributed by atoms with van der Waals surface area (Å²) in [5.74, 6) is 0.254. The number of carbonyl (C=O) groups is 2. The van der Waals surface area contributed by atoms with Gasteiger partial charge in [-0.3, -0.25) is 9.59 Å². The van der Waals surface area contributed by atoms with Gasteiger partial charge in [-0.05, 0) is 77.0 Å². The van der Waals surface area contributed by atoms with Gasteiger partial charge in [0.1, 0.15) is 6.04 Å². The molecule has 1 N–H and O–H groups in total. The maximum atomic E-state index is 12.9. The van der Waals surface area contributed by atoms with Gasteiger partial charge in [0.2, 0.25) is 11.8 Å². The van der Waals surface area contributed by atoms with Crippen LogP contribution in [0.3, 0.4) is 0 Å². The van der Waals surface area contributed by atoms with E-state index < -0.39 is 0 Å². The molecule has 0 aromatic heterocycles. The van der Waals surface area contributed by atoms with Crippen LogP contribution >= 0.6 is 0 Å². The van der Waals surface area contributed by atoms with E-state index in [1.165, 1.54) is 154 Å². The van der Waals surface area contributed by atoms with Gasteiger partial charge in [0.05, 0.1) is 0 Å². The summed E-state index contributed by atoms with van der Waals surface area (Å²) in [4.78, 5) is 27.5. The lowest BCUT2D eigenvalue weighted by atomic mass is 10.1. The number of rotatable bonds is 32. The number of unbranched alkanes of at least 4 members (excludes halogenated alkanes) is 23. The Kier molecular flexibility index (Phi) is 29.8. The lowest BCUT2D eigenvalue weighted by Gasteiger charge is -2.24. The molecule has 45 heavy (non-hydrogen) atoms. The fraction of sp³-hybridized carbons (Fsp3) is 0.854. The Balaban J connectivity index is 1.95. The zero-order chi connectivity index (χ0) is 32.5. The summed E-state index contributed by atoms with van der Waals surface area (Å²) in [6.45, 7) is 6.04. The van der Waals surface area contributed by atoms with E-state index in [-0.39, 0.29) is 17.9 Å². The minimum atomic E-state index is -0.240. The number of nitrogens with zero attached hydrogens (tertiary/aromatic N) is 1. The van der Waals surface area contributed by atoms with Crippen molar-refractivity contribution < 1.29 is 9.59 Å². The topological polar surface area (TPSA) is 49.4 Å². The number of hydrogen-bond donors (Lipinski definition) is 1. The fourth-order valence-electron chi connectivity index (χ4n) is 6.53. The SMILES string of the molecule is CCCCCCC/C=C/CCCCCCCCC(=O)N1CCC[C@H]1C(=O)NCCCCCCCC/C=C/CCCCCCCC. The van der Waals surface area contributed by atoms with Crippen molar-refractivity contribution in [2.75, 3.05) is 13.1 Å². The van der Waals surface area contributed by atoms with Crippen molar-refractivity contribution in [2.45, 2.75) is 213 Å². The van der Waals surface area contributed by atoms with E-state index in [9.17, 15) is 9.59 Å². The molecule has 262 valence electrons. The summed E-state index contributed by atoms with van der Waals surface area (Å²) in [6, 6.07) is -0.240. The van der Waals surface area contributed by atoms with Gasteiger partial charge >= 0.3 is 0 Å². The molecule has 0 aromatic rings. The van der Waals surface area contributed by atoms with Crippen LogP contribution in [0.15, 0.2) is 24.3 Å². The first-order valence-electron chi connectivity index (χ1n) is 20.1. The van der Waals surface area contributed by atoms with E-state index >= 15 is 0 Å². The average molecular weight is 629 g/mol. The number of carbonyl (C=O) groups excluding carboxylic acids is 2. The summed E-state index contributed by atoms with van der Waals surface area (Å²) >= 11 is 0. The molecule has 1 atom stereocenters. The molecule has 2 amide bonds. The third kappa shape index (κ3) is 25.2. The molecule has 0 saturated carbocycles. The minimum absolute atomic E-state index is 0.0686. The summed E-state index contributed by atoms with van der Waals surface area (Å²) in [5, 5.41) is 3.13. The second-order valence-corrected chi connectivity index (χ2v) is 13.8. The monoisotopic (exact) mass is 629 g/mol. The Morgan fingerprint density at radius 1 is 0.556 bits per heavy atom. The molecular formula is C41H76N2O2. The summed E-state index contributed by atoms with van der Waals surface area (Å²) < 4.78 is 0. The molecule has 0 aromatic carbocycles. The molecule has 1 aliphatic heterocycles. The predicted molar refractivity (Wildman–Crippen MR) is 197 cm³/mol. The third-order valence-electron chi connectivity index (χ3n) is 9.52. The predicted octanol–water partition coefficient (Wildman–Crippen LogP) is 12.2. The highest BCUT2D eigenvalue weighted by Crippen LogP contribution is 2.20. The third-order valence-corrected chi connectivity index (χ3v) is 9.52. The van der Waals surface area contributed by atoms with Gasteiger partial charge in [0.25, 0.3) is 0 Å². The largest absolute Gasteiger partial charge is 0.354 e. The zero-order valence-corrected chi connectivity index (χ0v) is 30.3. The highest BCUT2D eigenvalue weighted by molar-refractivity contribution is 5.88. The van der Waals surface area contributed by atoms with Crippen molar-refractivity contribution in [1.82, 2.24) is 10.2 Å². The van der Waals surface area contributed by atoms with Crippen molar-refractivity contribution in [3.8, 4) is 0 Å². The molecular weight excluding hydrogens is 552 g/mol. The number of hydrogen-bond acceptors (Lipinski definition) is 2. The molecule has 1 saturated heterocycles. The Morgan fingerprint density at radius 3 is 1.42 bits per heavy atom. The quantitative estimate of drug-likeness (QED) is 0.0595. The first-order valence-corrected chi connectivity index (χ1v) is 20.1. The van der Waals surface area contributed by atoms with E-state index in [4.69, 9.17) is 0 Å². The second kappa shape index (κ2) is 32.4. The lowest BCUT2D eigenvalue weighted by Crippen LogP contribution is -2.46. The number of likely N-dealkylation sites (tertiary alicyclic amines) is 1. The van der Waals surface area contributed by atoms with Crippen molar-refractivity contribution in [2.24, 2.45) is 0 Å². The molecule has 1 fully saturated rings. The van der Waals surface area contributed by atoms with Crippen LogP contribution in [0, 0.1) is 0 Å². The van der Waals surface area contributed by atoms with Gasteiger partial charge in [-0.2, -0.15) is 0 Å². The summed E-state index contributed by atoms with van der Waals surface area (Å²) in [6.07, 6.45) is 46.4. The highest BCUT2D eigenvalue weighted by Gasteiger charge is 2.33. The van der Waals surface area contributed by atoms with Crippen LogP contribution < -0.4 is 5.32 Å². The van der Waals surface area contributed by atoms with Gasteiger partial charge < -0.3 is 10.2 Å². The maximum Gasteiger partial charge on any atom is 0.242 e. The fourth-order valence-corrected chi connectivity index (χ4v) is 6.53. The molecule has 4 heteroatoms. The molecule has 0 bridgehead atoms. The average Bonchev–Trinajstić information content (AvgIpc) is 3.55. The van der Waals surface area contributed by atoms with Gasteiger partial charge in [0.15, 0.2) is 0 Å². The molecule has 1 aliphatic rings. The molecule has 1 rings (SSSR count). The van der Waals surface area contributed by atoms with Crippen LogP contribution in [-0.4, -0.2) is 35.8 Å². The van der Waals surface area contributed by atoms with Crippen molar-refractivity contribution in [3.63, 3.8) is 0 Å². The number of nitrogens with one attached hydrogen (secondary N) is 1. The summed E-state index contributed by atoms with van der Waals surface area (Å²) in [5.41, 5.74) is 0. The molecule has 4 nitrogen and oxygen atoms in total. The van der Waals surface area contributed by atoms with Crippen LogP contribution in [0.1, 0.15) is 206 Å². The molecule has 1 heterocycles. The van der Waals surface area contributed by atoms with Crippen LogP contribution in [0.5, 0.6) is 0 Å². The highest BCUT2D eigenvalue weighted by atomic mass is 16.2. The van der Waals surface area contributed by atoms with Gasteiger partial charge in [-0.1, -0.05) is 147 Å². The Bertz CT molecular complexity index is 731. The molecule has 0 aliphatic carbocycles. The summed E-state index contributed by atoms with van der Waals surface area (Å²) in [7, 11) is 0. The molecule has 0 spiro atoms. The van der Waals surface area contributed by atoms with Crippen LogP contribution in [-0.2, 0) is 9.59 Å². The van der Waals surface area contributed by atoms with E-state index in [0.29, 0.717) is 6.42 Å². The zero-order valence-electron chi connectivity index (χ0n) is 30.3. The normalized spacial score (nSPS) is 15.2. The van der Waals surface area contributed by atoms with Gasteiger partial charge in [0, 0.05) is 19.5 Å². The number of allylic oxidation sites excluding steroid dienone is 4. The van der Waals surface area contributed by atoms with E-state index in [1.807, 2.05) is 4.90 Å². The van der Waals surface area contributed by atoms with Crippen LogP contribution in [0.2, 0.25) is 0 Å². The standard InChI is InChI=1S/C41H76N2O2/c1-3-5-7-9-11-13-15-17-19-21-23-25-27-29-31-33-37-42-41(45)39-35-34-38-43(39)40(44)36-32-30-28-26-24-22-20-18-16-14-12-10-8-6-4-2/h16-19,39H,3-15,20-38H2,1-2H3,(H,42,45)/b18-16+,19-17+/t39-/m0/s1. The van der Waals surface area contributed by atoms with Crippen LogP contribution in [0.4, 0.5) is 0 Å². The van der Waals surface area contributed by atoms with E-state index in [2.05, 4.69) is 43.5 Å². The van der Waals surface area contributed by atoms with E-state index in [1.54, 1.807) is 0 Å². The Hall–Kier alpha value is -1.58. The maximum absolute atomic E-state index is 12.9. The van der Waals surface area contributed by atoms with Crippen LogP contribution in [0.25, 0.3) is 0 Å². The van der Waals surface area contributed by atoms with Crippen molar-refractivity contribution >= 4 is 11.8 Å². The van der Waals surface area contributed by atoms with Gasteiger partial charge in [-0.15, -0.1) is 0 Å². The number of amides is 2. The lowest BCUT2D eigenvalue weighted by molar-refractivity contribution is -0.138. The van der Waals surface area contributed by atoms with E-state index in [0.717, 1.165) is 45.2 Å². The second-order valence-electron chi connectivity index (χ2n) is 13.8. The molecule has 0 unspecified atom stereocenters. The Labute approximate surface area is 281 Å². The Morgan fingerprint density at radius 2 is 0.956 bits per heavy atom. The van der Waals surface area contributed by atoms with Crippen molar-refractivity contribution in [1.29, 1.82) is 0 Å². The van der Waals surface area contributed by atoms with Gasteiger partial charge in [-0.25, -0.2) is 0 Å². The smallest absolute Gasteiger partial charge is 0.242 e. The molecule has 0 radical (unpaired) electrons. The minimum Gasteiger partial charge on any atom is -0.354 e. The first kappa shape index (κ1) is 41.4.